The highest BCUT2D eigenvalue weighted by Crippen LogP contribution is 2.21. The molecule has 1 N–H and O–H groups in total. The zero-order chi connectivity index (χ0) is 11.5. The van der Waals surface area contributed by atoms with E-state index in [1.807, 2.05) is 6.92 Å². The molecule has 1 rings (SSSR count). The predicted octanol–water partition coefficient (Wildman–Crippen LogP) is 2.44. The molecule has 15 heavy (non-hydrogen) atoms. The average Bonchev–Trinajstić information content (AvgIpc) is 2.45. The molecular formula is C9H14F3N3. The largest absolute Gasteiger partial charge is 0.408 e. The van der Waals surface area contributed by atoms with Crippen molar-refractivity contribution in [1.82, 2.24) is 9.78 Å². The van der Waals surface area contributed by atoms with Crippen LogP contribution in [-0.4, -0.2) is 23.0 Å². The molecule has 1 aromatic rings. The fraction of sp³-hybridized carbons (Fsp3) is 0.667. The molecule has 0 aromatic carbocycles. The van der Waals surface area contributed by atoms with Crippen molar-refractivity contribution < 1.29 is 13.2 Å². The lowest BCUT2D eigenvalue weighted by molar-refractivity contribution is -0.142. The topological polar surface area (TPSA) is 29.9 Å². The lowest BCUT2D eigenvalue weighted by Crippen LogP contribution is -2.20. The molecule has 0 saturated carbocycles. The van der Waals surface area contributed by atoms with Gasteiger partial charge in [0, 0.05) is 13.1 Å². The minimum absolute atomic E-state index is 0.399. The third-order valence-corrected chi connectivity index (χ3v) is 1.92. The standard InChI is InChI=1S/C9H14F3N3/c1-3-4-7-5-8(13-2)15(14-7)6-9(10,11)12/h5,13H,3-4,6H2,1-2H3. The van der Waals surface area contributed by atoms with Crippen LogP contribution in [0.2, 0.25) is 0 Å². The molecule has 0 unspecified atom stereocenters. The lowest BCUT2D eigenvalue weighted by Gasteiger charge is -2.09. The van der Waals surface area contributed by atoms with E-state index in [2.05, 4.69) is 10.4 Å². The van der Waals surface area contributed by atoms with Gasteiger partial charge in [0.2, 0.25) is 0 Å². The maximum Gasteiger partial charge on any atom is 0.408 e. The highest BCUT2D eigenvalue weighted by molar-refractivity contribution is 5.36. The summed E-state index contributed by atoms with van der Waals surface area (Å²) in [5, 5.41) is 6.59. The van der Waals surface area contributed by atoms with Crippen LogP contribution in [0.5, 0.6) is 0 Å². The van der Waals surface area contributed by atoms with Gasteiger partial charge >= 0.3 is 6.18 Å². The molecule has 0 aliphatic rings. The monoisotopic (exact) mass is 221 g/mol. The number of hydrogen-bond donors (Lipinski definition) is 1. The van der Waals surface area contributed by atoms with Gasteiger partial charge < -0.3 is 5.32 Å². The fourth-order valence-electron chi connectivity index (χ4n) is 1.34. The van der Waals surface area contributed by atoms with Gasteiger partial charge in [0.15, 0.2) is 0 Å². The molecule has 1 aromatic heterocycles. The van der Waals surface area contributed by atoms with Crippen molar-refractivity contribution in [2.45, 2.75) is 32.5 Å². The summed E-state index contributed by atoms with van der Waals surface area (Å²) in [5.41, 5.74) is 0.686. The predicted molar refractivity (Wildman–Crippen MR) is 51.8 cm³/mol. The van der Waals surface area contributed by atoms with Crippen molar-refractivity contribution in [3.63, 3.8) is 0 Å². The van der Waals surface area contributed by atoms with Crippen molar-refractivity contribution >= 4 is 5.82 Å². The first-order valence-corrected chi connectivity index (χ1v) is 4.77. The maximum absolute atomic E-state index is 12.2. The second kappa shape index (κ2) is 4.55. The Hall–Kier alpha value is -1.20. The second-order valence-electron chi connectivity index (χ2n) is 3.29. The van der Waals surface area contributed by atoms with Crippen molar-refractivity contribution in [1.29, 1.82) is 0 Å². The molecular weight excluding hydrogens is 207 g/mol. The Morgan fingerprint density at radius 3 is 2.60 bits per heavy atom. The van der Waals surface area contributed by atoms with Gasteiger partial charge in [0.25, 0.3) is 0 Å². The van der Waals surface area contributed by atoms with Gasteiger partial charge in [-0.3, -0.25) is 0 Å². The van der Waals surface area contributed by atoms with Crippen LogP contribution in [0.15, 0.2) is 6.07 Å². The van der Waals surface area contributed by atoms with Crippen LogP contribution in [0.3, 0.4) is 0 Å². The first-order chi connectivity index (χ1) is 6.96. The zero-order valence-electron chi connectivity index (χ0n) is 8.73. The minimum atomic E-state index is -4.24. The van der Waals surface area contributed by atoms with E-state index in [4.69, 9.17) is 0 Å². The number of aryl methyl sites for hydroxylation is 1. The van der Waals surface area contributed by atoms with Gasteiger partial charge in [-0.15, -0.1) is 0 Å². The summed E-state index contributed by atoms with van der Waals surface area (Å²) < 4.78 is 37.4. The molecule has 0 spiro atoms. The van der Waals surface area contributed by atoms with E-state index in [1.54, 1.807) is 13.1 Å². The summed E-state index contributed by atoms with van der Waals surface area (Å²) in [6.07, 6.45) is -2.67. The van der Waals surface area contributed by atoms with E-state index in [-0.39, 0.29) is 0 Å². The highest BCUT2D eigenvalue weighted by atomic mass is 19.4. The smallest absolute Gasteiger partial charge is 0.373 e. The van der Waals surface area contributed by atoms with E-state index in [1.165, 1.54) is 0 Å². The number of anilines is 1. The van der Waals surface area contributed by atoms with Crippen molar-refractivity contribution in [2.24, 2.45) is 0 Å². The van der Waals surface area contributed by atoms with Crippen LogP contribution in [0.1, 0.15) is 19.0 Å². The molecule has 0 amide bonds. The van der Waals surface area contributed by atoms with Crippen molar-refractivity contribution in [2.75, 3.05) is 12.4 Å². The quantitative estimate of drug-likeness (QED) is 0.846. The molecule has 6 heteroatoms. The number of rotatable bonds is 4. The highest BCUT2D eigenvalue weighted by Gasteiger charge is 2.29. The van der Waals surface area contributed by atoms with Crippen molar-refractivity contribution in [3.8, 4) is 0 Å². The fourth-order valence-corrected chi connectivity index (χ4v) is 1.34. The van der Waals surface area contributed by atoms with E-state index < -0.39 is 12.7 Å². The number of alkyl halides is 3. The zero-order valence-corrected chi connectivity index (χ0v) is 8.73. The van der Waals surface area contributed by atoms with Gasteiger partial charge in [-0.2, -0.15) is 18.3 Å². The Labute approximate surface area is 86.3 Å². The Balaban J connectivity index is 2.85. The van der Waals surface area contributed by atoms with Crippen LogP contribution >= 0.6 is 0 Å². The van der Waals surface area contributed by atoms with Gasteiger partial charge in [-0.05, 0) is 6.42 Å². The number of hydrogen-bond acceptors (Lipinski definition) is 2. The van der Waals surface area contributed by atoms with Crippen LogP contribution in [0.4, 0.5) is 19.0 Å². The SMILES string of the molecule is CCCc1cc(NC)n(CC(F)(F)F)n1. The third-order valence-electron chi connectivity index (χ3n) is 1.92. The minimum Gasteiger partial charge on any atom is -0.373 e. The van der Waals surface area contributed by atoms with E-state index in [0.29, 0.717) is 17.9 Å². The molecule has 0 saturated heterocycles. The van der Waals surface area contributed by atoms with Crippen LogP contribution in [0.25, 0.3) is 0 Å². The average molecular weight is 221 g/mol. The molecule has 0 aliphatic heterocycles. The third kappa shape index (κ3) is 3.45. The Morgan fingerprint density at radius 1 is 1.47 bits per heavy atom. The second-order valence-corrected chi connectivity index (χ2v) is 3.29. The summed E-state index contributed by atoms with van der Waals surface area (Å²) in [4.78, 5) is 0. The first kappa shape index (κ1) is 11.9. The summed E-state index contributed by atoms with van der Waals surface area (Å²) in [7, 11) is 1.58. The molecule has 0 radical (unpaired) electrons. The summed E-state index contributed by atoms with van der Waals surface area (Å²) in [5.74, 6) is 0.399. The molecule has 0 bridgehead atoms. The van der Waals surface area contributed by atoms with Gasteiger partial charge in [-0.25, -0.2) is 4.68 Å². The Bertz CT molecular complexity index is 317. The lowest BCUT2D eigenvalue weighted by atomic mass is 10.2. The summed E-state index contributed by atoms with van der Waals surface area (Å²) in [6.45, 7) is 0.911. The van der Waals surface area contributed by atoms with Crippen molar-refractivity contribution in [3.05, 3.63) is 11.8 Å². The maximum atomic E-state index is 12.2. The van der Waals surface area contributed by atoms with Gasteiger partial charge in [-0.1, -0.05) is 13.3 Å². The first-order valence-electron chi connectivity index (χ1n) is 4.77. The molecule has 0 aliphatic carbocycles. The molecule has 0 fully saturated rings. The molecule has 1 heterocycles. The van der Waals surface area contributed by atoms with Crippen LogP contribution < -0.4 is 5.32 Å². The van der Waals surface area contributed by atoms with E-state index in [0.717, 1.165) is 11.1 Å². The summed E-state index contributed by atoms with van der Waals surface area (Å²) in [6, 6.07) is 1.65. The van der Waals surface area contributed by atoms with Gasteiger partial charge in [0.05, 0.1) is 5.69 Å². The molecule has 0 atom stereocenters. The van der Waals surface area contributed by atoms with Crippen LogP contribution in [-0.2, 0) is 13.0 Å². The normalized spacial score (nSPS) is 11.8. The Morgan fingerprint density at radius 2 is 2.13 bits per heavy atom. The molecule has 3 nitrogen and oxygen atoms in total. The van der Waals surface area contributed by atoms with E-state index in [9.17, 15) is 13.2 Å². The van der Waals surface area contributed by atoms with Crippen LogP contribution in [0, 0.1) is 0 Å². The van der Waals surface area contributed by atoms with E-state index >= 15 is 0 Å². The number of halogens is 3. The number of aromatic nitrogens is 2. The molecule has 86 valence electrons. The Kier molecular flexibility index (Phi) is 3.60. The summed E-state index contributed by atoms with van der Waals surface area (Å²) >= 11 is 0. The number of nitrogens with zero attached hydrogens (tertiary/aromatic N) is 2. The van der Waals surface area contributed by atoms with Gasteiger partial charge in [0.1, 0.15) is 12.4 Å². The number of nitrogens with one attached hydrogen (secondary N) is 1.